The largest absolute Gasteiger partial charge is 0.398 e. The average molecular weight is 218 g/mol. The first-order valence-corrected chi connectivity index (χ1v) is 8.16. The monoisotopic (exact) mass is 218 g/mol. The molecule has 0 N–H and O–H groups in total. The Hall–Kier alpha value is 0.137. The maximum Gasteiger partial charge on any atom is 0.337 e. The van der Waals surface area contributed by atoms with E-state index in [-0.39, 0.29) is 0 Å². The summed E-state index contributed by atoms with van der Waals surface area (Å²) in [4.78, 5) is 0. The van der Waals surface area contributed by atoms with E-state index in [9.17, 15) is 0 Å². The molecule has 0 aliphatic rings. The van der Waals surface area contributed by atoms with Crippen molar-refractivity contribution in [3.05, 3.63) is 0 Å². The molecule has 2 nitrogen and oxygen atoms in total. The van der Waals surface area contributed by atoms with Crippen LogP contribution in [0, 0.1) is 0 Å². The molecule has 1 atom stereocenters. The Morgan fingerprint density at radius 1 is 0.929 bits per heavy atom. The summed E-state index contributed by atoms with van der Waals surface area (Å²) in [7, 11) is 0.0152. The fraction of sp³-hybridized carbons (Fsp3) is 1.00. The first kappa shape index (κ1) is 14.1. The zero-order valence-corrected chi connectivity index (χ0v) is 11.3. The SMILES string of the molecule is CCCC[Si](CCC)(OC)OCCC. The van der Waals surface area contributed by atoms with Crippen molar-refractivity contribution < 1.29 is 8.85 Å². The molecule has 0 amide bonds. The third kappa shape index (κ3) is 5.13. The summed E-state index contributed by atoms with van der Waals surface area (Å²) in [5.41, 5.74) is 0. The molecule has 0 radical (unpaired) electrons. The zero-order valence-electron chi connectivity index (χ0n) is 10.3. The van der Waals surface area contributed by atoms with Crippen molar-refractivity contribution >= 4 is 8.56 Å². The summed E-state index contributed by atoms with van der Waals surface area (Å²) in [6.45, 7) is 7.45. The third-order valence-electron chi connectivity index (χ3n) is 2.48. The van der Waals surface area contributed by atoms with E-state index in [1.807, 2.05) is 7.11 Å². The Bertz CT molecular complexity index is 120. The lowest BCUT2D eigenvalue weighted by Crippen LogP contribution is -2.41. The van der Waals surface area contributed by atoms with Gasteiger partial charge in [-0.05, 0) is 18.5 Å². The fourth-order valence-electron chi connectivity index (χ4n) is 1.65. The highest BCUT2D eigenvalue weighted by Crippen LogP contribution is 2.23. The van der Waals surface area contributed by atoms with Gasteiger partial charge in [-0.15, -0.1) is 0 Å². The van der Waals surface area contributed by atoms with Gasteiger partial charge in [0.25, 0.3) is 0 Å². The maximum absolute atomic E-state index is 5.99. The quantitative estimate of drug-likeness (QED) is 0.549. The normalized spacial score (nSPS) is 15.4. The minimum Gasteiger partial charge on any atom is -0.398 e. The van der Waals surface area contributed by atoms with Crippen molar-refractivity contribution in [1.82, 2.24) is 0 Å². The van der Waals surface area contributed by atoms with Crippen molar-refractivity contribution in [3.63, 3.8) is 0 Å². The predicted molar refractivity (Wildman–Crippen MR) is 63.8 cm³/mol. The molecule has 0 heterocycles. The molecule has 0 bridgehead atoms. The maximum atomic E-state index is 5.99. The first-order valence-electron chi connectivity index (χ1n) is 5.93. The molecule has 14 heavy (non-hydrogen) atoms. The highest BCUT2D eigenvalue weighted by Gasteiger charge is 2.34. The van der Waals surface area contributed by atoms with Gasteiger partial charge in [0, 0.05) is 13.7 Å². The molecule has 0 fully saturated rings. The van der Waals surface area contributed by atoms with Crippen LogP contribution < -0.4 is 0 Å². The van der Waals surface area contributed by atoms with Gasteiger partial charge >= 0.3 is 8.56 Å². The Morgan fingerprint density at radius 3 is 2.07 bits per heavy atom. The predicted octanol–water partition coefficient (Wildman–Crippen LogP) is 3.71. The van der Waals surface area contributed by atoms with Gasteiger partial charge in [-0.25, -0.2) is 0 Å². The van der Waals surface area contributed by atoms with Crippen LogP contribution in [0.2, 0.25) is 12.1 Å². The summed E-state index contributed by atoms with van der Waals surface area (Å²) in [6.07, 6.45) is 4.74. The molecule has 0 spiro atoms. The van der Waals surface area contributed by atoms with Crippen LogP contribution in [0.15, 0.2) is 0 Å². The van der Waals surface area contributed by atoms with Gasteiger partial charge in [-0.3, -0.25) is 0 Å². The topological polar surface area (TPSA) is 18.5 Å². The van der Waals surface area contributed by atoms with Crippen LogP contribution in [0.5, 0.6) is 0 Å². The second-order valence-corrected chi connectivity index (χ2v) is 7.34. The summed E-state index contributed by atoms with van der Waals surface area (Å²) < 4.78 is 11.7. The second kappa shape index (κ2) is 8.45. The minimum absolute atomic E-state index is 0.865. The molecule has 0 rings (SSSR count). The summed E-state index contributed by atoms with van der Waals surface area (Å²) >= 11 is 0. The molecular weight excluding hydrogens is 192 g/mol. The molecule has 0 saturated carbocycles. The molecule has 1 unspecified atom stereocenters. The fourth-order valence-corrected chi connectivity index (χ4v) is 4.94. The average Bonchev–Trinajstić information content (AvgIpc) is 2.22. The number of hydrogen-bond acceptors (Lipinski definition) is 2. The minimum atomic E-state index is -1.81. The van der Waals surface area contributed by atoms with E-state index in [1.54, 1.807) is 0 Å². The van der Waals surface area contributed by atoms with Gasteiger partial charge in [0.1, 0.15) is 0 Å². The van der Waals surface area contributed by atoms with Crippen LogP contribution in [-0.4, -0.2) is 22.3 Å². The van der Waals surface area contributed by atoms with Crippen molar-refractivity contribution in [1.29, 1.82) is 0 Å². The van der Waals surface area contributed by atoms with Crippen LogP contribution >= 0.6 is 0 Å². The lowest BCUT2D eigenvalue weighted by molar-refractivity contribution is 0.196. The van der Waals surface area contributed by atoms with E-state index in [4.69, 9.17) is 8.85 Å². The van der Waals surface area contributed by atoms with Crippen LogP contribution in [0.25, 0.3) is 0 Å². The second-order valence-electron chi connectivity index (χ2n) is 3.82. The number of hydrogen-bond donors (Lipinski definition) is 0. The first-order chi connectivity index (χ1) is 6.74. The van der Waals surface area contributed by atoms with Crippen LogP contribution in [0.1, 0.15) is 46.5 Å². The zero-order chi connectivity index (χ0) is 10.9. The van der Waals surface area contributed by atoms with Crippen LogP contribution in [0.4, 0.5) is 0 Å². The molecule has 86 valence electrons. The highest BCUT2D eigenvalue weighted by molar-refractivity contribution is 6.67. The highest BCUT2D eigenvalue weighted by atomic mass is 28.4. The van der Waals surface area contributed by atoms with Gasteiger partial charge < -0.3 is 8.85 Å². The Labute approximate surface area is 90.2 Å². The van der Waals surface area contributed by atoms with Crippen molar-refractivity contribution in [3.8, 4) is 0 Å². The van der Waals surface area contributed by atoms with Crippen molar-refractivity contribution in [2.45, 2.75) is 58.5 Å². The van der Waals surface area contributed by atoms with Gasteiger partial charge in [0.15, 0.2) is 0 Å². The summed E-state index contributed by atoms with van der Waals surface area (Å²) in [5, 5.41) is 0. The van der Waals surface area contributed by atoms with E-state index in [0.29, 0.717) is 0 Å². The molecule has 0 aromatic rings. The van der Waals surface area contributed by atoms with Crippen molar-refractivity contribution in [2.24, 2.45) is 0 Å². The van der Waals surface area contributed by atoms with Gasteiger partial charge in [-0.2, -0.15) is 0 Å². The molecule has 0 aromatic heterocycles. The van der Waals surface area contributed by atoms with E-state index in [1.165, 1.54) is 19.3 Å². The smallest absolute Gasteiger partial charge is 0.337 e. The lowest BCUT2D eigenvalue weighted by Gasteiger charge is -2.28. The molecule has 3 heteroatoms. The standard InChI is InChI=1S/C11H26O2Si/c1-5-8-11-14(12-4,10-7-3)13-9-6-2/h5-11H2,1-4H3. The molecular formula is C11H26O2Si. The number of rotatable bonds is 9. The van der Waals surface area contributed by atoms with E-state index in [0.717, 1.165) is 25.1 Å². The van der Waals surface area contributed by atoms with Crippen LogP contribution in [-0.2, 0) is 8.85 Å². The van der Waals surface area contributed by atoms with E-state index in [2.05, 4.69) is 20.8 Å². The number of unbranched alkanes of at least 4 members (excludes halogenated alkanes) is 1. The third-order valence-corrected chi connectivity index (χ3v) is 6.33. The molecule has 0 aliphatic heterocycles. The van der Waals surface area contributed by atoms with E-state index >= 15 is 0 Å². The Balaban J connectivity index is 4.11. The van der Waals surface area contributed by atoms with Gasteiger partial charge in [-0.1, -0.05) is 40.0 Å². The van der Waals surface area contributed by atoms with Gasteiger partial charge in [0.05, 0.1) is 0 Å². The Morgan fingerprint density at radius 2 is 1.64 bits per heavy atom. The Kier molecular flexibility index (Phi) is 8.53. The summed E-state index contributed by atoms with van der Waals surface area (Å²) in [5.74, 6) is 0. The molecule has 0 saturated heterocycles. The molecule has 0 aliphatic carbocycles. The molecule has 0 aromatic carbocycles. The van der Waals surface area contributed by atoms with Crippen LogP contribution in [0.3, 0.4) is 0 Å². The van der Waals surface area contributed by atoms with Gasteiger partial charge in [0.2, 0.25) is 0 Å². The summed E-state index contributed by atoms with van der Waals surface area (Å²) in [6, 6.07) is 2.30. The lowest BCUT2D eigenvalue weighted by atomic mass is 10.4. The van der Waals surface area contributed by atoms with E-state index < -0.39 is 8.56 Å². The van der Waals surface area contributed by atoms with Crippen molar-refractivity contribution in [2.75, 3.05) is 13.7 Å².